The van der Waals surface area contributed by atoms with Crippen molar-refractivity contribution in [1.29, 1.82) is 0 Å². The van der Waals surface area contributed by atoms with E-state index in [2.05, 4.69) is 0 Å². The molecule has 2 N–H and O–H groups in total. The number of carboxylic acid groups (broad SMARTS) is 2. The predicted molar refractivity (Wildman–Crippen MR) is 70.4 cm³/mol. The number of rotatable bonds is 8. The summed E-state index contributed by atoms with van der Waals surface area (Å²) in [5.41, 5.74) is 0.514. The van der Waals surface area contributed by atoms with Gasteiger partial charge in [-0.25, -0.2) is 9.59 Å². The van der Waals surface area contributed by atoms with Crippen LogP contribution in [0.4, 0.5) is 0 Å². The number of unbranched alkanes of at least 4 members (excludes halogenated alkanes) is 1. The molecule has 102 valence electrons. The van der Waals surface area contributed by atoms with Gasteiger partial charge in [-0.15, -0.1) is 0 Å². The monoisotopic (exact) mass is 254 g/mol. The zero-order chi connectivity index (χ0) is 14.1. The fourth-order valence-electron chi connectivity index (χ4n) is 1.50. The van der Waals surface area contributed by atoms with Gasteiger partial charge in [-0.05, 0) is 25.2 Å². The molecule has 0 unspecified atom stereocenters. The molecule has 0 amide bonds. The van der Waals surface area contributed by atoms with Gasteiger partial charge in [0.05, 0.1) is 0 Å². The van der Waals surface area contributed by atoms with Crippen molar-refractivity contribution in [1.82, 2.24) is 0 Å². The third-order valence-corrected chi connectivity index (χ3v) is 2.46. The molecule has 0 atom stereocenters. The third-order valence-electron chi connectivity index (χ3n) is 2.46. The number of carboxylic acids is 2. The molecule has 0 fully saturated rings. The second kappa shape index (κ2) is 8.50. The van der Waals surface area contributed by atoms with E-state index in [4.69, 9.17) is 10.2 Å². The Morgan fingerprint density at radius 3 is 1.94 bits per heavy atom. The van der Waals surface area contributed by atoms with Crippen LogP contribution < -0.4 is 0 Å². The van der Waals surface area contributed by atoms with E-state index >= 15 is 0 Å². The zero-order valence-electron chi connectivity index (χ0n) is 11.3. The Hall–Kier alpha value is -1.58. The smallest absolute Gasteiger partial charge is 0.331 e. The lowest BCUT2D eigenvalue weighted by molar-refractivity contribution is -0.134. The number of hydrogen-bond acceptors (Lipinski definition) is 2. The summed E-state index contributed by atoms with van der Waals surface area (Å²) in [4.78, 5) is 22.0. The Labute approximate surface area is 108 Å². The summed E-state index contributed by atoms with van der Waals surface area (Å²) in [7, 11) is 0. The summed E-state index contributed by atoms with van der Waals surface area (Å²) >= 11 is 0. The van der Waals surface area contributed by atoms with Gasteiger partial charge in [0.2, 0.25) is 0 Å². The molecule has 0 spiro atoms. The minimum atomic E-state index is -0.986. The second-order valence-electron chi connectivity index (χ2n) is 4.70. The van der Waals surface area contributed by atoms with Crippen LogP contribution in [0.2, 0.25) is 0 Å². The van der Waals surface area contributed by atoms with E-state index < -0.39 is 11.9 Å². The molecule has 4 heteroatoms. The Kier molecular flexibility index (Phi) is 7.76. The molecule has 0 aliphatic rings. The van der Waals surface area contributed by atoms with Crippen LogP contribution >= 0.6 is 0 Å². The van der Waals surface area contributed by atoms with E-state index in [9.17, 15) is 9.59 Å². The van der Waals surface area contributed by atoms with Crippen molar-refractivity contribution in [2.45, 2.75) is 46.5 Å². The largest absolute Gasteiger partial charge is 0.478 e. The first-order valence-corrected chi connectivity index (χ1v) is 6.24. The Bertz CT molecular complexity index is 351. The summed E-state index contributed by atoms with van der Waals surface area (Å²) in [5.74, 6) is -1.74. The van der Waals surface area contributed by atoms with E-state index in [1.54, 1.807) is 0 Å². The predicted octanol–water partition coefficient (Wildman–Crippen LogP) is 3.24. The van der Waals surface area contributed by atoms with Gasteiger partial charge in [0.15, 0.2) is 0 Å². The molecule has 0 aromatic heterocycles. The highest BCUT2D eigenvalue weighted by atomic mass is 16.4. The fourth-order valence-corrected chi connectivity index (χ4v) is 1.50. The molecule has 0 radical (unpaired) electrons. The van der Waals surface area contributed by atoms with E-state index in [-0.39, 0.29) is 17.1 Å². The minimum Gasteiger partial charge on any atom is -0.478 e. The topological polar surface area (TPSA) is 74.6 Å². The molecule has 18 heavy (non-hydrogen) atoms. The van der Waals surface area contributed by atoms with Gasteiger partial charge >= 0.3 is 11.9 Å². The number of hydrogen-bond donors (Lipinski definition) is 2. The molecular weight excluding hydrogens is 232 g/mol. The van der Waals surface area contributed by atoms with Crippen molar-refractivity contribution in [3.8, 4) is 0 Å². The molecule has 0 saturated heterocycles. The summed E-state index contributed by atoms with van der Waals surface area (Å²) in [6.45, 7) is 5.84. The minimum absolute atomic E-state index is 0.227. The van der Waals surface area contributed by atoms with Crippen LogP contribution in [0.15, 0.2) is 23.3 Å². The molecule has 0 aliphatic carbocycles. The lowest BCUT2D eigenvalue weighted by atomic mass is 10.0. The number of allylic oxidation sites excluding steroid dienone is 2. The number of aliphatic carboxylic acids is 2. The van der Waals surface area contributed by atoms with Crippen molar-refractivity contribution < 1.29 is 19.8 Å². The summed E-state index contributed by atoms with van der Waals surface area (Å²) in [5, 5.41) is 18.0. The van der Waals surface area contributed by atoms with Gasteiger partial charge in [-0.2, -0.15) is 0 Å². The average Bonchev–Trinajstić information content (AvgIpc) is 2.26. The maximum Gasteiger partial charge on any atom is 0.331 e. The normalized spacial score (nSPS) is 12.9. The van der Waals surface area contributed by atoms with Gasteiger partial charge in [-0.1, -0.05) is 39.3 Å². The SMILES string of the molecule is CCCCC(=CC=C(CC(C)C)C(=O)O)C(=O)O. The van der Waals surface area contributed by atoms with Crippen molar-refractivity contribution in [3.63, 3.8) is 0 Å². The van der Waals surface area contributed by atoms with Crippen molar-refractivity contribution >= 4 is 11.9 Å². The highest BCUT2D eigenvalue weighted by Gasteiger charge is 2.10. The van der Waals surface area contributed by atoms with Crippen LogP contribution in [0.25, 0.3) is 0 Å². The van der Waals surface area contributed by atoms with Gasteiger partial charge in [0, 0.05) is 11.1 Å². The first-order chi connectivity index (χ1) is 8.38. The molecule has 0 aromatic carbocycles. The van der Waals surface area contributed by atoms with E-state index in [1.165, 1.54) is 12.2 Å². The molecule has 0 aliphatic heterocycles. The summed E-state index contributed by atoms with van der Waals surface area (Å²) in [6.07, 6.45) is 5.44. The average molecular weight is 254 g/mol. The lowest BCUT2D eigenvalue weighted by Gasteiger charge is -2.05. The van der Waals surface area contributed by atoms with Crippen molar-refractivity contribution in [3.05, 3.63) is 23.3 Å². The highest BCUT2D eigenvalue weighted by molar-refractivity contribution is 5.89. The Morgan fingerprint density at radius 1 is 1.06 bits per heavy atom. The van der Waals surface area contributed by atoms with Crippen LogP contribution in [0.3, 0.4) is 0 Å². The van der Waals surface area contributed by atoms with E-state index in [0.717, 1.165) is 12.8 Å². The molecule has 0 heterocycles. The molecular formula is C14H22O4. The maximum atomic E-state index is 11.0. The standard InChI is InChI=1S/C14H22O4/c1-4-5-6-11(13(15)16)7-8-12(14(17)18)9-10(2)3/h7-8,10H,4-6,9H2,1-3H3,(H,15,16)(H,17,18). The summed E-state index contributed by atoms with van der Waals surface area (Å²) in [6, 6.07) is 0. The van der Waals surface area contributed by atoms with E-state index in [0.29, 0.717) is 12.8 Å². The van der Waals surface area contributed by atoms with Gasteiger partial charge < -0.3 is 10.2 Å². The van der Waals surface area contributed by atoms with Crippen molar-refractivity contribution in [2.24, 2.45) is 5.92 Å². The molecule has 0 saturated carbocycles. The van der Waals surface area contributed by atoms with Crippen LogP contribution in [0.1, 0.15) is 46.5 Å². The van der Waals surface area contributed by atoms with E-state index in [1.807, 2.05) is 20.8 Å². The van der Waals surface area contributed by atoms with Gasteiger partial charge in [0.1, 0.15) is 0 Å². The first-order valence-electron chi connectivity index (χ1n) is 6.24. The van der Waals surface area contributed by atoms with Crippen molar-refractivity contribution in [2.75, 3.05) is 0 Å². The van der Waals surface area contributed by atoms with Crippen LogP contribution in [0, 0.1) is 5.92 Å². The molecule has 4 nitrogen and oxygen atoms in total. The molecule has 0 aromatic rings. The first kappa shape index (κ1) is 16.4. The zero-order valence-corrected chi connectivity index (χ0v) is 11.3. The van der Waals surface area contributed by atoms with Crippen LogP contribution in [-0.4, -0.2) is 22.2 Å². The number of carbonyl (C=O) groups is 2. The summed E-state index contributed by atoms with van der Waals surface area (Å²) < 4.78 is 0. The van der Waals surface area contributed by atoms with Gasteiger partial charge in [0.25, 0.3) is 0 Å². The third kappa shape index (κ3) is 6.89. The molecule has 0 bridgehead atoms. The second-order valence-corrected chi connectivity index (χ2v) is 4.70. The lowest BCUT2D eigenvalue weighted by Crippen LogP contribution is -2.05. The Balaban J connectivity index is 4.94. The van der Waals surface area contributed by atoms with Crippen LogP contribution in [0.5, 0.6) is 0 Å². The Morgan fingerprint density at radius 2 is 1.56 bits per heavy atom. The molecule has 0 rings (SSSR count). The van der Waals surface area contributed by atoms with Crippen LogP contribution in [-0.2, 0) is 9.59 Å². The quantitative estimate of drug-likeness (QED) is 0.515. The fraction of sp³-hybridized carbons (Fsp3) is 0.571. The van der Waals surface area contributed by atoms with Gasteiger partial charge in [-0.3, -0.25) is 0 Å². The highest BCUT2D eigenvalue weighted by Crippen LogP contribution is 2.13. The maximum absolute atomic E-state index is 11.0.